The molecule has 4 aromatic rings. The molecule has 0 fully saturated rings. The fourth-order valence-corrected chi connectivity index (χ4v) is 2.88. The largest absolute Gasteiger partial charge is 0.276 e. The Morgan fingerprint density at radius 2 is 1.13 bits per heavy atom. The molecule has 0 unspecified atom stereocenters. The summed E-state index contributed by atoms with van der Waals surface area (Å²) in [4.78, 5) is 0. The molecule has 31 heavy (non-hydrogen) atoms. The van der Waals surface area contributed by atoms with E-state index in [0.717, 1.165) is 22.5 Å². The highest BCUT2D eigenvalue weighted by atomic mass is 15.3. The number of hydrazone groups is 1. The highest BCUT2D eigenvalue weighted by molar-refractivity contribution is 5.99. The molecule has 0 aromatic heterocycles. The topological polar surface area (TPSA) is 49.1 Å². The van der Waals surface area contributed by atoms with Crippen LogP contribution in [-0.4, -0.2) is 5.84 Å². The summed E-state index contributed by atoms with van der Waals surface area (Å²) >= 11 is 0. The average Bonchev–Trinajstić information content (AvgIpc) is 2.85. The number of amidine groups is 1. The van der Waals surface area contributed by atoms with Crippen molar-refractivity contribution >= 4 is 29.4 Å². The first-order chi connectivity index (χ1) is 15.4. The van der Waals surface area contributed by atoms with Gasteiger partial charge >= 0.3 is 0 Å². The zero-order chi connectivity index (χ0) is 21.1. The number of hydrogen-bond donors (Lipinski definition) is 1. The number of benzene rings is 4. The van der Waals surface area contributed by atoms with Crippen molar-refractivity contribution in [1.82, 2.24) is 0 Å². The second kappa shape index (κ2) is 10.5. The van der Waals surface area contributed by atoms with Crippen molar-refractivity contribution in [2.75, 3.05) is 5.43 Å². The van der Waals surface area contributed by atoms with Crippen molar-refractivity contribution in [1.29, 1.82) is 0 Å². The predicted octanol–water partition coefficient (Wildman–Crippen LogP) is 7.41. The Balaban J connectivity index is 1.50. The van der Waals surface area contributed by atoms with E-state index in [1.807, 2.05) is 103 Å². The van der Waals surface area contributed by atoms with Gasteiger partial charge in [0.2, 0.25) is 5.84 Å². The Labute approximate surface area is 182 Å². The highest BCUT2D eigenvalue weighted by Crippen LogP contribution is 2.17. The number of anilines is 1. The molecule has 0 aliphatic heterocycles. The first kappa shape index (κ1) is 20.0. The number of hydrogen-bond acceptors (Lipinski definition) is 3. The smallest absolute Gasteiger partial charge is 0.201 e. The van der Waals surface area contributed by atoms with Gasteiger partial charge in [-0.2, -0.15) is 5.10 Å². The third-order valence-electron chi connectivity index (χ3n) is 4.52. The zero-order valence-corrected chi connectivity index (χ0v) is 17.0. The van der Waals surface area contributed by atoms with E-state index in [2.05, 4.69) is 45.0 Å². The Hall–Kier alpha value is -4.31. The lowest BCUT2D eigenvalue weighted by molar-refractivity contribution is 1.22. The number of para-hydroxylation sites is 1. The van der Waals surface area contributed by atoms with E-state index in [1.165, 1.54) is 5.56 Å². The molecule has 0 saturated carbocycles. The SMILES string of the molecule is C(=Cc1ccc(N=NC(=NNc2ccccc2)c2ccccc2)cc1)c1ccccc1. The molecule has 4 aromatic carbocycles. The summed E-state index contributed by atoms with van der Waals surface area (Å²) in [6, 6.07) is 37.7. The molecule has 4 rings (SSSR count). The summed E-state index contributed by atoms with van der Waals surface area (Å²) in [6.45, 7) is 0. The maximum absolute atomic E-state index is 4.45. The standard InChI is InChI=1S/C27H22N4/c1-4-10-22(11-5-1)16-17-23-18-20-26(21-19-23)29-31-27(24-12-6-2-7-13-24)30-28-25-14-8-3-9-15-25/h1-21,28H. The fraction of sp³-hybridized carbons (Fsp3) is 0. The number of azo groups is 1. The van der Waals surface area contributed by atoms with Crippen molar-refractivity contribution in [3.63, 3.8) is 0 Å². The van der Waals surface area contributed by atoms with Crippen LogP contribution in [0.15, 0.2) is 131 Å². The molecule has 0 amide bonds. The lowest BCUT2D eigenvalue weighted by Crippen LogP contribution is -2.00. The minimum absolute atomic E-state index is 0.512. The highest BCUT2D eigenvalue weighted by Gasteiger charge is 2.02. The summed E-state index contributed by atoms with van der Waals surface area (Å²) in [5, 5.41) is 13.2. The van der Waals surface area contributed by atoms with Gasteiger partial charge in [-0.25, -0.2) is 0 Å². The minimum atomic E-state index is 0.512. The molecule has 0 bridgehead atoms. The molecule has 0 radical (unpaired) electrons. The molecule has 0 atom stereocenters. The predicted molar refractivity (Wildman–Crippen MR) is 129 cm³/mol. The maximum atomic E-state index is 4.45. The molecule has 150 valence electrons. The van der Waals surface area contributed by atoms with Crippen molar-refractivity contribution in [2.24, 2.45) is 15.3 Å². The van der Waals surface area contributed by atoms with E-state index >= 15 is 0 Å². The van der Waals surface area contributed by atoms with Gasteiger partial charge in [0.15, 0.2) is 0 Å². The molecule has 1 N–H and O–H groups in total. The van der Waals surface area contributed by atoms with E-state index in [-0.39, 0.29) is 0 Å². The van der Waals surface area contributed by atoms with E-state index < -0.39 is 0 Å². The summed E-state index contributed by atoms with van der Waals surface area (Å²) in [6.07, 6.45) is 4.17. The van der Waals surface area contributed by atoms with Gasteiger partial charge in [0, 0.05) is 5.56 Å². The first-order valence-electron chi connectivity index (χ1n) is 10.1. The van der Waals surface area contributed by atoms with Gasteiger partial charge in [-0.3, -0.25) is 5.43 Å². The van der Waals surface area contributed by atoms with E-state index in [1.54, 1.807) is 0 Å². The van der Waals surface area contributed by atoms with E-state index in [9.17, 15) is 0 Å². The van der Waals surface area contributed by atoms with Gasteiger partial charge in [0.05, 0.1) is 11.4 Å². The van der Waals surface area contributed by atoms with Crippen LogP contribution >= 0.6 is 0 Å². The summed E-state index contributed by atoms with van der Waals surface area (Å²) in [7, 11) is 0. The molecule has 0 spiro atoms. The van der Waals surface area contributed by atoms with Gasteiger partial charge in [-0.05, 0) is 35.4 Å². The van der Waals surface area contributed by atoms with Crippen molar-refractivity contribution in [2.45, 2.75) is 0 Å². The van der Waals surface area contributed by atoms with E-state index in [4.69, 9.17) is 0 Å². The van der Waals surface area contributed by atoms with Gasteiger partial charge in [0.1, 0.15) is 0 Å². The minimum Gasteiger partial charge on any atom is -0.276 e. The second-order valence-electron chi connectivity index (χ2n) is 6.81. The Kier molecular flexibility index (Phi) is 6.74. The monoisotopic (exact) mass is 402 g/mol. The second-order valence-corrected chi connectivity index (χ2v) is 6.81. The summed E-state index contributed by atoms with van der Waals surface area (Å²) in [5.74, 6) is 0.512. The Morgan fingerprint density at radius 1 is 0.581 bits per heavy atom. The Morgan fingerprint density at radius 3 is 1.77 bits per heavy atom. The van der Waals surface area contributed by atoms with Crippen LogP contribution in [0.5, 0.6) is 0 Å². The number of nitrogens with one attached hydrogen (secondary N) is 1. The van der Waals surface area contributed by atoms with E-state index in [0.29, 0.717) is 5.84 Å². The first-order valence-corrected chi connectivity index (χ1v) is 10.1. The normalized spacial score (nSPS) is 11.8. The van der Waals surface area contributed by atoms with Crippen LogP contribution in [-0.2, 0) is 0 Å². The third-order valence-corrected chi connectivity index (χ3v) is 4.52. The number of nitrogens with zero attached hydrogens (tertiary/aromatic N) is 3. The lowest BCUT2D eigenvalue weighted by Gasteiger charge is -2.03. The van der Waals surface area contributed by atoms with Gasteiger partial charge in [-0.1, -0.05) is 103 Å². The van der Waals surface area contributed by atoms with Crippen LogP contribution in [0.25, 0.3) is 12.2 Å². The molecule has 0 saturated heterocycles. The van der Waals surface area contributed by atoms with Crippen molar-refractivity contribution < 1.29 is 0 Å². The average molecular weight is 403 g/mol. The van der Waals surface area contributed by atoms with Crippen LogP contribution in [0.4, 0.5) is 11.4 Å². The number of rotatable bonds is 6. The molecule has 0 heterocycles. The third kappa shape index (κ3) is 6.08. The Bertz CT molecular complexity index is 1160. The molecule has 4 nitrogen and oxygen atoms in total. The van der Waals surface area contributed by atoms with Crippen LogP contribution < -0.4 is 5.43 Å². The molecule has 0 aliphatic rings. The van der Waals surface area contributed by atoms with Crippen LogP contribution in [0, 0.1) is 0 Å². The quantitative estimate of drug-likeness (QED) is 0.118. The lowest BCUT2D eigenvalue weighted by atomic mass is 10.1. The molecular formula is C27H22N4. The summed E-state index contributed by atoms with van der Waals surface area (Å²) in [5.41, 5.74) is 7.86. The molecule has 4 heteroatoms. The van der Waals surface area contributed by atoms with Crippen LogP contribution in [0.3, 0.4) is 0 Å². The fourth-order valence-electron chi connectivity index (χ4n) is 2.88. The molecule has 0 aliphatic carbocycles. The van der Waals surface area contributed by atoms with Crippen LogP contribution in [0.2, 0.25) is 0 Å². The maximum Gasteiger partial charge on any atom is 0.201 e. The van der Waals surface area contributed by atoms with Gasteiger partial charge in [-0.15, -0.1) is 10.2 Å². The van der Waals surface area contributed by atoms with Gasteiger partial charge < -0.3 is 0 Å². The van der Waals surface area contributed by atoms with Crippen LogP contribution in [0.1, 0.15) is 16.7 Å². The summed E-state index contributed by atoms with van der Waals surface area (Å²) < 4.78 is 0. The van der Waals surface area contributed by atoms with Crippen molar-refractivity contribution in [3.8, 4) is 0 Å². The van der Waals surface area contributed by atoms with Crippen molar-refractivity contribution in [3.05, 3.63) is 132 Å². The molecular weight excluding hydrogens is 380 g/mol. The zero-order valence-electron chi connectivity index (χ0n) is 17.0. The van der Waals surface area contributed by atoms with Gasteiger partial charge in [0.25, 0.3) is 0 Å².